The first-order valence-corrected chi connectivity index (χ1v) is 5.92. The number of aliphatic hydroxyl groups is 1. The summed E-state index contributed by atoms with van der Waals surface area (Å²) in [6.45, 7) is 1.30. The molecule has 1 rings (SSSR count). The number of halogens is 2. The zero-order chi connectivity index (χ0) is 13.8. The van der Waals surface area contributed by atoms with E-state index in [1.807, 2.05) is 0 Å². The summed E-state index contributed by atoms with van der Waals surface area (Å²) in [6, 6.07) is 6.51. The van der Waals surface area contributed by atoms with Gasteiger partial charge in [0, 0.05) is 10.0 Å². The molecule has 0 saturated heterocycles. The van der Waals surface area contributed by atoms with Crippen LogP contribution in [-0.4, -0.2) is 17.6 Å². The van der Waals surface area contributed by atoms with Gasteiger partial charge < -0.3 is 10.4 Å². The fourth-order valence-electron chi connectivity index (χ4n) is 1.50. The van der Waals surface area contributed by atoms with E-state index in [0.717, 1.165) is 0 Å². The second-order valence-corrected chi connectivity index (χ2v) is 4.90. The van der Waals surface area contributed by atoms with E-state index in [1.165, 1.54) is 0 Å². The first-order valence-electron chi connectivity index (χ1n) is 5.16. The number of nitrogens with one attached hydrogen (secondary N) is 1. The van der Waals surface area contributed by atoms with Gasteiger partial charge in [-0.1, -0.05) is 23.2 Å². The highest BCUT2D eigenvalue weighted by atomic mass is 35.5. The molecule has 4 nitrogen and oxygen atoms in total. The lowest BCUT2D eigenvalue weighted by atomic mass is 9.92. The minimum atomic E-state index is -1.03. The largest absolute Gasteiger partial charge is 0.394 e. The van der Waals surface area contributed by atoms with Gasteiger partial charge in [-0.2, -0.15) is 5.26 Å². The Bertz CT molecular complexity index is 479. The fourth-order valence-corrected chi connectivity index (χ4v) is 2.03. The molecule has 0 aliphatic carbocycles. The monoisotopic (exact) mass is 286 g/mol. The summed E-state index contributed by atoms with van der Waals surface area (Å²) in [6.07, 6.45) is -0.274. The van der Waals surface area contributed by atoms with Crippen LogP contribution in [0.25, 0.3) is 0 Å². The maximum atomic E-state index is 11.5. The Morgan fingerprint density at radius 1 is 1.44 bits per heavy atom. The Kier molecular flexibility index (Phi) is 4.97. The van der Waals surface area contributed by atoms with E-state index in [4.69, 9.17) is 28.5 Å². The molecule has 0 radical (unpaired) electrons. The smallest absolute Gasteiger partial charge is 0.234 e. The number of carbonyl (C=O) groups excluding carboxylic acids is 1. The summed E-state index contributed by atoms with van der Waals surface area (Å²) in [4.78, 5) is 11.5. The summed E-state index contributed by atoms with van der Waals surface area (Å²) in [5.74, 6) is -0.467. The summed E-state index contributed by atoms with van der Waals surface area (Å²) in [5, 5.41) is 21.3. The van der Waals surface area contributed by atoms with Crippen LogP contribution in [0.4, 0.5) is 0 Å². The van der Waals surface area contributed by atoms with Crippen LogP contribution in [0.2, 0.25) is 10.0 Å². The lowest BCUT2D eigenvalue weighted by Crippen LogP contribution is -2.46. The van der Waals surface area contributed by atoms with Crippen molar-refractivity contribution in [2.75, 3.05) is 6.61 Å². The van der Waals surface area contributed by atoms with Gasteiger partial charge in [0.25, 0.3) is 0 Å². The van der Waals surface area contributed by atoms with Crippen molar-refractivity contribution in [2.24, 2.45) is 0 Å². The molecule has 0 fully saturated rings. The predicted molar refractivity (Wildman–Crippen MR) is 69.3 cm³/mol. The average molecular weight is 287 g/mol. The molecular weight excluding hydrogens is 275 g/mol. The quantitative estimate of drug-likeness (QED) is 0.891. The van der Waals surface area contributed by atoms with Crippen molar-refractivity contribution in [3.63, 3.8) is 0 Å². The maximum absolute atomic E-state index is 11.5. The number of nitrogens with zero attached hydrogens (tertiary/aromatic N) is 1. The van der Waals surface area contributed by atoms with Gasteiger partial charge in [0.15, 0.2) is 0 Å². The lowest BCUT2D eigenvalue weighted by molar-refractivity contribution is -0.122. The van der Waals surface area contributed by atoms with Crippen LogP contribution >= 0.6 is 23.2 Å². The van der Waals surface area contributed by atoms with Crippen molar-refractivity contribution in [1.29, 1.82) is 5.26 Å². The number of benzene rings is 1. The first kappa shape index (κ1) is 14.8. The van der Waals surface area contributed by atoms with Crippen molar-refractivity contribution < 1.29 is 9.90 Å². The van der Waals surface area contributed by atoms with Crippen LogP contribution in [-0.2, 0) is 10.3 Å². The molecule has 0 saturated carbocycles. The number of rotatable bonds is 4. The highest BCUT2D eigenvalue weighted by molar-refractivity contribution is 6.34. The molecule has 1 atom stereocenters. The summed E-state index contributed by atoms with van der Waals surface area (Å²) >= 11 is 11.8. The molecule has 0 heterocycles. The summed E-state index contributed by atoms with van der Waals surface area (Å²) < 4.78 is 0. The summed E-state index contributed by atoms with van der Waals surface area (Å²) in [5.41, 5.74) is -0.448. The van der Waals surface area contributed by atoms with Crippen molar-refractivity contribution in [1.82, 2.24) is 5.32 Å². The Morgan fingerprint density at radius 3 is 2.44 bits per heavy atom. The standard InChI is InChI=1S/C12H12Cl2N2O2/c1-12(7-17,16-11(18)2-3-15)8-4-9(13)6-10(14)5-8/h4-6,17H,2,7H2,1H3,(H,16,18)/t12-/m0/s1. The van der Waals surface area contributed by atoms with Gasteiger partial charge in [0.05, 0.1) is 18.2 Å². The van der Waals surface area contributed by atoms with Crippen LogP contribution in [0.3, 0.4) is 0 Å². The van der Waals surface area contributed by atoms with E-state index in [0.29, 0.717) is 15.6 Å². The molecule has 0 aliphatic heterocycles. The molecule has 0 aliphatic rings. The first-order chi connectivity index (χ1) is 8.41. The van der Waals surface area contributed by atoms with E-state index >= 15 is 0 Å². The molecule has 1 aromatic carbocycles. The highest BCUT2D eigenvalue weighted by Crippen LogP contribution is 2.27. The van der Waals surface area contributed by atoms with Crippen LogP contribution in [0, 0.1) is 11.3 Å². The minimum Gasteiger partial charge on any atom is -0.394 e. The number of nitriles is 1. The molecule has 0 bridgehead atoms. The topological polar surface area (TPSA) is 73.1 Å². The van der Waals surface area contributed by atoms with Crippen LogP contribution in [0.5, 0.6) is 0 Å². The van der Waals surface area contributed by atoms with Gasteiger partial charge in [-0.25, -0.2) is 0 Å². The summed E-state index contributed by atoms with van der Waals surface area (Å²) in [7, 11) is 0. The average Bonchev–Trinajstić information content (AvgIpc) is 2.27. The van der Waals surface area contributed by atoms with Gasteiger partial charge in [-0.05, 0) is 30.7 Å². The molecule has 0 spiro atoms. The van der Waals surface area contributed by atoms with Gasteiger partial charge >= 0.3 is 0 Å². The third kappa shape index (κ3) is 3.61. The predicted octanol–water partition coefficient (Wildman–Crippen LogP) is 2.23. The zero-order valence-electron chi connectivity index (χ0n) is 9.70. The maximum Gasteiger partial charge on any atom is 0.234 e. The molecule has 0 unspecified atom stereocenters. The van der Waals surface area contributed by atoms with Gasteiger partial charge in [-0.3, -0.25) is 4.79 Å². The molecule has 1 aromatic rings. The SMILES string of the molecule is C[C@@](CO)(NC(=O)CC#N)c1cc(Cl)cc(Cl)c1. The third-order valence-electron chi connectivity index (χ3n) is 2.47. The Morgan fingerprint density at radius 2 is 2.00 bits per heavy atom. The molecule has 96 valence electrons. The number of aliphatic hydroxyl groups excluding tert-OH is 1. The Hall–Kier alpha value is -1.28. The molecule has 0 aromatic heterocycles. The van der Waals surface area contributed by atoms with E-state index in [1.54, 1.807) is 31.2 Å². The highest BCUT2D eigenvalue weighted by Gasteiger charge is 2.28. The lowest BCUT2D eigenvalue weighted by Gasteiger charge is -2.29. The van der Waals surface area contributed by atoms with Gasteiger partial charge in [0.1, 0.15) is 6.42 Å². The van der Waals surface area contributed by atoms with E-state index in [2.05, 4.69) is 5.32 Å². The Labute approximate surface area is 115 Å². The molecule has 6 heteroatoms. The van der Waals surface area contributed by atoms with Crippen molar-refractivity contribution in [3.05, 3.63) is 33.8 Å². The van der Waals surface area contributed by atoms with E-state index in [-0.39, 0.29) is 13.0 Å². The fraction of sp³-hybridized carbons (Fsp3) is 0.333. The zero-order valence-corrected chi connectivity index (χ0v) is 11.2. The van der Waals surface area contributed by atoms with E-state index < -0.39 is 11.4 Å². The number of amides is 1. The van der Waals surface area contributed by atoms with Crippen molar-refractivity contribution in [3.8, 4) is 6.07 Å². The van der Waals surface area contributed by atoms with Crippen LogP contribution < -0.4 is 5.32 Å². The second kappa shape index (κ2) is 6.05. The third-order valence-corrected chi connectivity index (χ3v) is 2.91. The number of hydrogen-bond donors (Lipinski definition) is 2. The van der Waals surface area contributed by atoms with Crippen LogP contribution in [0.1, 0.15) is 18.9 Å². The molecule has 1 amide bonds. The second-order valence-electron chi connectivity index (χ2n) is 4.03. The number of hydrogen-bond acceptors (Lipinski definition) is 3. The normalized spacial score (nSPS) is 13.5. The molecule has 2 N–H and O–H groups in total. The van der Waals surface area contributed by atoms with Crippen molar-refractivity contribution >= 4 is 29.1 Å². The molecular formula is C12H12Cl2N2O2. The van der Waals surface area contributed by atoms with Crippen molar-refractivity contribution in [2.45, 2.75) is 18.9 Å². The Balaban J connectivity index is 3.07. The minimum absolute atomic E-state index is 0.274. The molecule has 18 heavy (non-hydrogen) atoms. The van der Waals surface area contributed by atoms with E-state index in [9.17, 15) is 9.90 Å². The van der Waals surface area contributed by atoms with Gasteiger partial charge in [0.2, 0.25) is 5.91 Å². The number of carbonyl (C=O) groups is 1. The van der Waals surface area contributed by atoms with Gasteiger partial charge in [-0.15, -0.1) is 0 Å². The van der Waals surface area contributed by atoms with Crippen LogP contribution in [0.15, 0.2) is 18.2 Å².